The average Bonchev–Trinajstić information content (AvgIpc) is 0. The van der Waals surface area contributed by atoms with Gasteiger partial charge in [-0.1, -0.05) is 0 Å². The molecule has 4 heavy (non-hydrogen) atoms. The molecule has 2 N–H and O–H groups in total. The van der Waals surface area contributed by atoms with E-state index < -0.39 is 0 Å². The summed E-state index contributed by atoms with van der Waals surface area (Å²) >= 11 is 0. The van der Waals surface area contributed by atoms with Gasteiger partial charge in [0.25, 0.3) is 0 Å². The van der Waals surface area contributed by atoms with Crippen molar-refractivity contribution in [1.29, 1.82) is 0 Å². The van der Waals surface area contributed by atoms with E-state index in [0.29, 0.717) is 0 Å². The van der Waals surface area contributed by atoms with E-state index in [9.17, 15) is 0 Å². The largest absolute Gasteiger partial charge is 2.00 e. The number of hydrogen-bond acceptors (Lipinski definition) is 0. The van der Waals surface area contributed by atoms with Crippen molar-refractivity contribution >= 4 is 94.4 Å². The second-order valence-electron chi connectivity index (χ2n) is 0. The van der Waals surface area contributed by atoms with Gasteiger partial charge in [-0.25, -0.2) is 0 Å². The molecule has 1 nitrogen and oxygen atoms in total. The topological polar surface area (TPSA) is 31.5 Å². The van der Waals surface area contributed by atoms with Crippen LogP contribution in [-0.2, 0) is 21.7 Å². The molecule has 0 bridgehead atoms. The summed E-state index contributed by atoms with van der Waals surface area (Å²) in [6, 6.07) is 0. The normalized spacial score (nSPS) is 0. The fourth-order valence-electron chi connectivity index (χ4n) is 0. The van der Waals surface area contributed by atoms with Crippen LogP contribution in [0.2, 0.25) is 0 Å². The molecule has 0 amide bonds. The van der Waals surface area contributed by atoms with Gasteiger partial charge in [-0.05, 0) is 0 Å². The van der Waals surface area contributed by atoms with Gasteiger partial charge in [0.05, 0.1) is 0 Å². The molecule has 0 aromatic carbocycles. The Morgan fingerprint density at radius 3 is 1.25 bits per heavy atom. The van der Waals surface area contributed by atoms with Crippen LogP contribution in [0.4, 0.5) is 0 Å². The van der Waals surface area contributed by atoms with Crippen LogP contribution in [0.25, 0.3) is 0 Å². The van der Waals surface area contributed by atoms with Gasteiger partial charge in [-0.15, -0.1) is 0 Å². The van der Waals surface area contributed by atoms with Crippen LogP contribution in [0.3, 0.4) is 0 Å². The van der Waals surface area contributed by atoms with Gasteiger partial charge in [-0.3, -0.25) is 0 Å². The number of rotatable bonds is 0. The molecule has 0 aliphatic heterocycles. The smallest absolute Gasteiger partial charge is 1.00 e. The molecule has 0 saturated heterocycles. The van der Waals surface area contributed by atoms with E-state index in [1.807, 2.05) is 0 Å². The van der Waals surface area contributed by atoms with Gasteiger partial charge < -0.3 is 11.2 Å². The third kappa shape index (κ3) is 9.21. The number of hydrogen-bond donors (Lipinski definition) is 0. The summed E-state index contributed by atoms with van der Waals surface area (Å²) in [4.78, 5) is 0. The van der Waals surface area contributed by atoms with Crippen LogP contribution >= 0.6 is 0 Å². The zero-order valence-electron chi connectivity index (χ0n) is 6.41. The van der Waals surface area contributed by atoms with Crippen LogP contribution in [0.15, 0.2) is 0 Å². The summed E-state index contributed by atoms with van der Waals surface area (Å²) in [5, 5.41) is 0. The second kappa shape index (κ2) is 15.9. The molecule has 0 aromatic heterocycles. The Labute approximate surface area is 124 Å². The predicted octanol–water partition coefficient (Wildman–Crippen LogP) is -1.14. The molecular formula is H6BaOSrTi. The van der Waals surface area contributed by atoms with E-state index in [4.69, 9.17) is 0 Å². The summed E-state index contributed by atoms with van der Waals surface area (Å²) in [5.74, 6) is 0. The molecule has 0 radical (unpaired) electrons. The molecule has 4 heteroatoms. The average molecular weight is 295 g/mol. The van der Waals surface area contributed by atoms with Gasteiger partial charge >= 0.3 is 94.4 Å². The van der Waals surface area contributed by atoms with Crippen LogP contribution in [-0.4, -0.2) is 99.8 Å². The van der Waals surface area contributed by atoms with Crippen LogP contribution in [0, 0.1) is 0 Å². The van der Waals surface area contributed by atoms with Crippen molar-refractivity contribution in [3.8, 4) is 0 Å². The van der Waals surface area contributed by atoms with E-state index in [1.165, 1.54) is 0 Å². The molecular weight excluding hydrogens is 289 g/mol. The van der Waals surface area contributed by atoms with E-state index in [0.717, 1.165) is 0 Å². The van der Waals surface area contributed by atoms with E-state index in [-0.39, 0.29) is 127 Å². The third-order valence-electron chi connectivity index (χ3n) is 0. The van der Waals surface area contributed by atoms with E-state index in [2.05, 4.69) is 0 Å². The monoisotopic (exact) mass is 296 g/mol. The molecule has 20 valence electrons. The first-order valence-electron chi connectivity index (χ1n) is 0. The van der Waals surface area contributed by atoms with Crippen molar-refractivity contribution in [3.05, 3.63) is 0 Å². The molecule has 0 saturated carbocycles. The molecule has 0 heterocycles. The van der Waals surface area contributed by atoms with Gasteiger partial charge in [0.15, 0.2) is 0 Å². The van der Waals surface area contributed by atoms with Crippen LogP contribution in [0.5, 0.6) is 0 Å². The Morgan fingerprint density at radius 1 is 1.25 bits per heavy atom. The molecule has 0 rings (SSSR count). The molecule has 0 spiro atoms. The Balaban J connectivity index is 0. The third-order valence-corrected chi connectivity index (χ3v) is 0. The first-order chi connectivity index (χ1) is 0. The van der Waals surface area contributed by atoms with Gasteiger partial charge in [0.2, 0.25) is 0 Å². The summed E-state index contributed by atoms with van der Waals surface area (Å²) in [7, 11) is 0. The standard InChI is InChI=1S/Ba.H2O.Sr.Ti.4H/h;1H2;;;;;;/q+2;;+2;;4*-1. The second-order valence-corrected chi connectivity index (χ2v) is 0. The molecule has 0 atom stereocenters. The van der Waals surface area contributed by atoms with E-state index in [1.54, 1.807) is 0 Å². The minimum Gasteiger partial charge on any atom is -1.00 e. The molecule has 0 aliphatic rings. The molecule has 0 fully saturated rings. The maximum absolute atomic E-state index is 0. The quantitative estimate of drug-likeness (QED) is 0.506. The SMILES string of the molecule is O.[Ba+2].[H-].[H-].[H-].[H-].[Sr+2].[Ti]. The van der Waals surface area contributed by atoms with Gasteiger partial charge in [-0.2, -0.15) is 0 Å². The Bertz CT molecular complexity index is 16.0. The van der Waals surface area contributed by atoms with Crippen molar-refractivity contribution in [2.45, 2.75) is 0 Å². The van der Waals surface area contributed by atoms with Gasteiger partial charge in [0, 0.05) is 21.7 Å². The fraction of sp³-hybridized carbons (Fsp3) is 0. The fourth-order valence-corrected chi connectivity index (χ4v) is 0. The summed E-state index contributed by atoms with van der Waals surface area (Å²) in [5.41, 5.74) is 0. The first-order valence-corrected chi connectivity index (χ1v) is 0. The van der Waals surface area contributed by atoms with Crippen molar-refractivity contribution < 1.29 is 32.9 Å². The van der Waals surface area contributed by atoms with Crippen LogP contribution in [0.1, 0.15) is 5.71 Å². The van der Waals surface area contributed by atoms with Crippen molar-refractivity contribution in [1.82, 2.24) is 0 Å². The predicted molar refractivity (Wildman–Crippen MR) is 19.6 cm³/mol. The Morgan fingerprint density at radius 2 is 1.25 bits per heavy atom. The van der Waals surface area contributed by atoms with Gasteiger partial charge in [0.1, 0.15) is 0 Å². The zero-order chi connectivity index (χ0) is 0. The zero-order valence-corrected chi connectivity index (χ0v) is 11.9. The van der Waals surface area contributed by atoms with Crippen molar-refractivity contribution in [2.24, 2.45) is 0 Å². The summed E-state index contributed by atoms with van der Waals surface area (Å²) < 4.78 is 0. The molecule has 0 aliphatic carbocycles. The summed E-state index contributed by atoms with van der Waals surface area (Å²) in [6.07, 6.45) is 0. The van der Waals surface area contributed by atoms with Crippen molar-refractivity contribution in [2.75, 3.05) is 0 Å². The first kappa shape index (κ1) is 25.2. The summed E-state index contributed by atoms with van der Waals surface area (Å²) in [6.45, 7) is 0. The van der Waals surface area contributed by atoms with Crippen LogP contribution < -0.4 is 0 Å². The molecule has 0 aromatic rings. The maximum atomic E-state index is 0. The maximum Gasteiger partial charge on any atom is 2.00 e. The minimum atomic E-state index is 0. The molecule has 0 unspecified atom stereocenters. The van der Waals surface area contributed by atoms with Crippen molar-refractivity contribution in [3.63, 3.8) is 0 Å². The Hall–Kier alpha value is 3.73. The Kier molecular flexibility index (Phi) is 100.0. The van der Waals surface area contributed by atoms with E-state index >= 15 is 0 Å². The minimum absolute atomic E-state index is 0.